The first-order valence-corrected chi connectivity index (χ1v) is 9.13. The quantitative estimate of drug-likeness (QED) is 0.404. The minimum Gasteiger partial charge on any atom is -0.446 e. The van der Waals surface area contributed by atoms with Crippen molar-refractivity contribution in [1.82, 2.24) is 14.9 Å². The molecule has 7 nitrogen and oxygen atoms in total. The molecule has 0 aromatic carbocycles. The van der Waals surface area contributed by atoms with Crippen molar-refractivity contribution in [3.05, 3.63) is 30.9 Å². The van der Waals surface area contributed by atoms with Gasteiger partial charge in [0, 0.05) is 33.2 Å². The van der Waals surface area contributed by atoms with Crippen molar-refractivity contribution >= 4 is 22.8 Å². The summed E-state index contributed by atoms with van der Waals surface area (Å²) in [5.74, 6) is -0.474. The molecule has 1 unspecified atom stereocenters. The Bertz CT molecular complexity index is 604. The highest BCUT2D eigenvalue weighted by Gasteiger charge is 2.31. The van der Waals surface area contributed by atoms with E-state index >= 15 is 0 Å². The van der Waals surface area contributed by atoms with E-state index in [-0.39, 0.29) is 23.0 Å². The third kappa shape index (κ3) is 5.98. The average molecular weight is 367 g/mol. The van der Waals surface area contributed by atoms with Crippen molar-refractivity contribution in [2.45, 2.75) is 44.4 Å². The summed E-state index contributed by atoms with van der Waals surface area (Å²) in [4.78, 5) is 27.5. The standard InChI is InChI=1S/C17H25N3O4S/c1-4-16(25-12(2)21)24-17(22)13-7-14(19-8-13)5-6-20-11-18-9-15(20)10-23-3/h4,9,11,13-14,16,19H,1,5-8,10H2,2-3H3/t13-,14-,16?/m0/s1. The largest absolute Gasteiger partial charge is 0.446 e. The SMILES string of the molecule is C=CC(OC(=O)[C@@H]1CN[C@@H](CCn2cncc2COC)C1)SC(C)=O. The predicted octanol–water partition coefficient (Wildman–Crippen LogP) is 1.73. The zero-order valence-electron chi connectivity index (χ0n) is 14.6. The molecule has 1 aromatic rings. The second kappa shape index (κ2) is 9.74. The first-order valence-electron chi connectivity index (χ1n) is 8.25. The fraction of sp³-hybridized carbons (Fsp3) is 0.588. The number of hydrogen-bond donors (Lipinski definition) is 1. The maximum Gasteiger partial charge on any atom is 0.311 e. The van der Waals surface area contributed by atoms with Crippen LogP contribution in [0, 0.1) is 5.92 Å². The van der Waals surface area contributed by atoms with Gasteiger partial charge in [0.2, 0.25) is 0 Å². The van der Waals surface area contributed by atoms with Crippen LogP contribution in [0.4, 0.5) is 0 Å². The third-order valence-electron chi connectivity index (χ3n) is 4.07. The summed E-state index contributed by atoms with van der Waals surface area (Å²) >= 11 is 0.960. The van der Waals surface area contributed by atoms with Gasteiger partial charge in [-0.3, -0.25) is 9.59 Å². The Hall–Kier alpha value is -1.64. The van der Waals surface area contributed by atoms with Crippen molar-refractivity contribution in [2.75, 3.05) is 13.7 Å². The Balaban J connectivity index is 1.78. The maximum atomic E-state index is 12.2. The summed E-state index contributed by atoms with van der Waals surface area (Å²) in [6.07, 6.45) is 6.68. The Kier molecular flexibility index (Phi) is 7.67. The van der Waals surface area contributed by atoms with Gasteiger partial charge >= 0.3 is 5.97 Å². The number of esters is 1. The highest BCUT2D eigenvalue weighted by atomic mass is 32.2. The van der Waals surface area contributed by atoms with E-state index in [2.05, 4.69) is 21.4 Å². The van der Waals surface area contributed by atoms with Crippen molar-refractivity contribution in [3.63, 3.8) is 0 Å². The van der Waals surface area contributed by atoms with Crippen molar-refractivity contribution in [3.8, 4) is 0 Å². The number of hydrogen-bond acceptors (Lipinski definition) is 7. The lowest BCUT2D eigenvalue weighted by molar-refractivity contribution is -0.147. The van der Waals surface area contributed by atoms with Gasteiger partial charge < -0.3 is 19.4 Å². The molecule has 0 spiro atoms. The van der Waals surface area contributed by atoms with Gasteiger partial charge in [-0.1, -0.05) is 6.58 Å². The van der Waals surface area contributed by atoms with Crippen LogP contribution in [-0.2, 0) is 32.2 Å². The van der Waals surface area contributed by atoms with E-state index in [1.54, 1.807) is 19.6 Å². The number of rotatable bonds is 9. The Morgan fingerprint density at radius 2 is 2.40 bits per heavy atom. The number of ether oxygens (including phenoxy) is 2. The van der Waals surface area contributed by atoms with E-state index in [0.29, 0.717) is 13.2 Å². The van der Waals surface area contributed by atoms with E-state index in [9.17, 15) is 9.59 Å². The van der Waals surface area contributed by atoms with Crippen molar-refractivity contribution < 1.29 is 19.1 Å². The van der Waals surface area contributed by atoms with Crippen LogP contribution in [0.5, 0.6) is 0 Å². The summed E-state index contributed by atoms with van der Waals surface area (Å²) in [6.45, 7) is 6.98. The lowest BCUT2D eigenvalue weighted by atomic mass is 10.0. The molecule has 138 valence electrons. The molecule has 2 rings (SSSR count). The maximum absolute atomic E-state index is 12.2. The second-order valence-electron chi connectivity index (χ2n) is 5.99. The van der Waals surface area contributed by atoms with Gasteiger partial charge in [0.1, 0.15) is 0 Å². The first-order chi connectivity index (χ1) is 12.0. The molecule has 2 heterocycles. The summed E-state index contributed by atoms with van der Waals surface area (Å²) in [7, 11) is 1.66. The van der Waals surface area contributed by atoms with Crippen LogP contribution in [0.1, 0.15) is 25.5 Å². The molecule has 0 saturated carbocycles. The van der Waals surface area contributed by atoms with Crippen LogP contribution in [0.2, 0.25) is 0 Å². The normalized spacial score (nSPS) is 21.0. The molecular weight excluding hydrogens is 342 g/mol. The Morgan fingerprint density at radius 3 is 3.08 bits per heavy atom. The molecule has 1 aromatic heterocycles. The van der Waals surface area contributed by atoms with Crippen LogP contribution in [0.15, 0.2) is 25.2 Å². The van der Waals surface area contributed by atoms with Crippen LogP contribution in [0.3, 0.4) is 0 Å². The number of nitrogens with one attached hydrogen (secondary N) is 1. The van der Waals surface area contributed by atoms with Gasteiger partial charge in [0.15, 0.2) is 10.6 Å². The van der Waals surface area contributed by atoms with Crippen LogP contribution in [0.25, 0.3) is 0 Å². The molecule has 1 saturated heterocycles. The molecular formula is C17H25N3O4S. The summed E-state index contributed by atoms with van der Waals surface area (Å²) in [5.41, 5.74) is 0.415. The molecule has 0 bridgehead atoms. The minimum atomic E-state index is -0.619. The van der Waals surface area contributed by atoms with E-state index < -0.39 is 5.44 Å². The van der Waals surface area contributed by atoms with Gasteiger partial charge in [-0.2, -0.15) is 0 Å². The number of aromatic nitrogens is 2. The third-order valence-corrected chi connectivity index (χ3v) is 4.92. The zero-order chi connectivity index (χ0) is 18.2. The number of carbonyl (C=O) groups excluding carboxylic acids is 2. The highest BCUT2D eigenvalue weighted by molar-refractivity contribution is 8.14. The molecule has 0 amide bonds. The van der Waals surface area contributed by atoms with Gasteiger partial charge in [0.25, 0.3) is 0 Å². The molecule has 1 N–H and O–H groups in total. The lowest BCUT2D eigenvalue weighted by Crippen LogP contribution is -2.24. The van der Waals surface area contributed by atoms with Crippen molar-refractivity contribution in [1.29, 1.82) is 0 Å². The van der Waals surface area contributed by atoms with Gasteiger partial charge in [-0.05, 0) is 30.7 Å². The topological polar surface area (TPSA) is 82.4 Å². The van der Waals surface area contributed by atoms with Crippen molar-refractivity contribution in [2.24, 2.45) is 5.92 Å². The summed E-state index contributed by atoms with van der Waals surface area (Å²) < 4.78 is 12.6. The van der Waals surface area contributed by atoms with E-state index in [0.717, 1.165) is 36.8 Å². The highest BCUT2D eigenvalue weighted by Crippen LogP contribution is 2.22. The summed E-state index contributed by atoms with van der Waals surface area (Å²) in [5, 5.41) is 3.26. The Labute approximate surface area is 152 Å². The minimum absolute atomic E-state index is 0.104. The molecule has 1 aliphatic rings. The lowest BCUT2D eigenvalue weighted by Gasteiger charge is -2.15. The van der Waals surface area contributed by atoms with Gasteiger partial charge in [0.05, 0.1) is 30.7 Å². The van der Waals surface area contributed by atoms with E-state index in [1.807, 2.05) is 0 Å². The Morgan fingerprint density at radius 1 is 1.60 bits per heavy atom. The van der Waals surface area contributed by atoms with Crippen LogP contribution >= 0.6 is 11.8 Å². The number of thioether (sulfide) groups is 1. The molecule has 0 aliphatic carbocycles. The fourth-order valence-corrected chi connectivity index (χ4v) is 3.39. The number of carbonyl (C=O) groups is 2. The van der Waals surface area contributed by atoms with Gasteiger partial charge in [-0.25, -0.2) is 4.98 Å². The van der Waals surface area contributed by atoms with Crippen LogP contribution in [-0.4, -0.2) is 45.8 Å². The summed E-state index contributed by atoms with van der Waals surface area (Å²) in [6, 6.07) is 0.248. The number of methoxy groups -OCH3 is 1. The molecule has 25 heavy (non-hydrogen) atoms. The first kappa shape index (κ1) is 19.7. The molecule has 8 heteroatoms. The average Bonchev–Trinajstić information content (AvgIpc) is 3.21. The zero-order valence-corrected chi connectivity index (χ0v) is 15.5. The molecule has 3 atom stereocenters. The van der Waals surface area contributed by atoms with E-state index in [4.69, 9.17) is 9.47 Å². The number of imidazole rings is 1. The predicted molar refractivity (Wildman–Crippen MR) is 95.8 cm³/mol. The molecule has 0 radical (unpaired) electrons. The fourth-order valence-electron chi connectivity index (χ4n) is 2.83. The molecule has 1 aliphatic heterocycles. The smallest absolute Gasteiger partial charge is 0.311 e. The number of nitrogens with zero attached hydrogens (tertiary/aromatic N) is 2. The van der Waals surface area contributed by atoms with Crippen LogP contribution < -0.4 is 5.32 Å². The van der Waals surface area contributed by atoms with Gasteiger partial charge in [-0.15, -0.1) is 0 Å². The molecule has 1 fully saturated rings. The number of aryl methyl sites for hydroxylation is 1. The van der Waals surface area contributed by atoms with E-state index in [1.165, 1.54) is 13.0 Å². The monoisotopic (exact) mass is 367 g/mol. The second-order valence-corrected chi connectivity index (χ2v) is 7.26.